The van der Waals surface area contributed by atoms with E-state index in [-0.39, 0.29) is 17.8 Å². The second-order valence-electron chi connectivity index (χ2n) is 7.84. The highest BCUT2D eigenvalue weighted by molar-refractivity contribution is 7.92. The number of nitro groups is 1. The van der Waals surface area contributed by atoms with E-state index in [2.05, 4.69) is 5.32 Å². The number of aryl methyl sites for hydroxylation is 1. The number of hydrogen-bond acceptors (Lipinski definition) is 7. The van der Waals surface area contributed by atoms with Gasteiger partial charge in [0.2, 0.25) is 15.9 Å². The second kappa shape index (κ2) is 9.65. The van der Waals surface area contributed by atoms with Gasteiger partial charge in [-0.15, -0.1) is 0 Å². The Morgan fingerprint density at radius 1 is 1.18 bits per heavy atom. The van der Waals surface area contributed by atoms with Crippen LogP contribution < -0.4 is 19.1 Å². The van der Waals surface area contributed by atoms with Gasteiger partial charge in [0.15, 0.2) is 11.5 Å². The smallest absolute Gasteiger partial charge is 0.271 e. The van der Waals surface area contributed by atoms with Crippen molar-refractivity contribution in [2.24, 2.45) is 0 Å². The minimum Gasteiger partial charge on any atom is -0.486 e. The Labute approximate surface area is 192 Å². The van der Waals surface area contributed by atoms with E-state index in [1.165, 1.54) is 18.2 Å². The van der Waals surface area contributed by atoms with E-state index in [1.807, 2.05) is 0 Å². The van der Waals surface area contributed by atoms with Gasteiger partial charge in [0, 0.05) is 12.1 Å². The largest absolute Gasteiger partial charge is 0.486 e. The number of nitrogens with zero attached hydrogens (tertiary/aromatic N) is 2. The van der Waals surface area contributed by atoms with Crippen LogP contribution in [0.15, 0.2) is 36.4 Å². The molecule has 0 radical (unpaired) electrons. The van der Waals surface area contributed by atoms with Gasteiger partial charge in [-0.25, -0.2) is 8.42 Å². The summed E-state index contributed by atoms with van der Waals surface area (Å²) >= 11 is 0. The van der Waals surface area contributed by atoms with E-state index in [0.29, 0.717) is 30.3 Å². The van der Waals surface area contributed by atoms with E-state index in [1.54, 1.807) is 39.0 Å². The van der Waals surface area contributed by atoms with Crippen LogP contribution in [0.25, 0.3) is 0 Å². The third-order valence-corrected chi connectivity index (χ3v) is 6.56. The molecule has 0 bridgehead atoms. The van der Waals surface area contributed by atoms with Crippen molar-refractivity contribution in [3.05, 3.63) is 57.6 Å². The van der Waals surface area contributed by atoms with E-state index in [4.69, 9.17) is 9.47 Å². The van der Waals surface area contributed by atoms with Gasteiger partial charge in [-0.3, -0.25) is 19.2 Å². The Balaban J connectivity index is 1.91. The number of nitro benzene ring substituents is 1. The number of fused-ring (bicyclic) bond motifs is 1. The molecule has 2 aromatic rings. The molecule has 0 saturated heterocycles. The molecule has 2 aromatic carbocycles. The molecule has 1 aliphatic heterocycles. The molecule has 0 aliphatic carbocycles. The molecule has 11 heteroatoms. The fourth-order valence-electron chi connectivity index (χ4n) is 3.71. The van der Waals surface area contributed by atoms with Crippen molar-refractivity contribution in [3.63, 3.8) is 0 Å². The number of rotatable bonds is 8. The molecule has 2 atom stereocenters. The summed E-state index contributed by atoms with van der Waals surface area (Å²) in [5, 5.41) is 14.1. The van der Waals surface area contributed by atoms with Crippen LogP contribution >= 0.6 is 0 Å². The predicted molar refractivity (Wildman–Crippen MR) is 123 cm³/mol. The average Bonchev–Trinajstić information content (AvgIpc) is 2.76. The first-order chi connectivity index (χ1) is 15.5. The third kappa shape index (κ3) is 5.36. The van der Waals surface area contributed by atoms with Crippen molar-refractivity contribution < 1.29 is 27.6 Å². The van der Waals surface area contributed by atoms with Crippen LogP contribution in [0.3, 0.4) is 0 Å². The maximum Gasteiger partial charge on any atom is 0.271 e. The number of ether oxygens (including phenoxy) is 2. The third-order valence-electron chi connectivity index (χ3n) is 5.40. The highest BCUT2D eigenvalue weighted by atomic mass is 32.2. The first kappa shape index (κ1) is 24.3. The summed E-state index contributed by atoms with van der Waals surface area (Å²) in [6.45, 7) is 6.00. The lowest BCUT2D eigenvalue weighted by molar-refractivity contribution is -0.384. The maximum absolute atomic E-state index is 13.2. The number of sulfonamides is 1. The molecular formula is C22H27N3O7S. The zero-order valence-electron chi connectivity index (χ0n) is 18.9. The van der Waals surface area contributed by atoms with E-state index < -0.39 is 32.9 Å². The number of hydrogen-bond donors (Lipinski definition) is 1. The molecule has 0 spiro atoms. The number of nitrogens with one attached hydrogen (secondary N) is 1. The summed E-state index contributed by atoms with van der Waals surface area (Å²) in [5.74, 6) is 0.687. The number of non-ortho nitro benzene ring substituents is 1. The van der Waals surface area contributed by atoms with Crippen molar-refractivity contribution in [1.29, 1.82) is 0 Å². The van der Waals surface area contributed by atoms with Crippen LogP contribution in [-0.4, -0.2) is 44.8 Å². The molecule has 0 fully saturated rings. The van der Waals surface area contributed by atoms with Crippen molar-refractivity contribution in [2.75, 3.05) is 23.8 Å². The summed E-state index contributed by atoms with van der Waals surface area (Å²) in [4.78, 5) is 23.9. The number of carbonyl (C=O) groups excluding carboxylic acids is 1. The summed E-state index contributed by atoms with van der Waals surface area (Å²) in [7, 11) is -3.94. The van der Waals surface area contributed by atoms with Crippen LogP contribution in [-0.2, 0) is 14.8 Å². The molecule has 1 aliphatic rings. The lowest BCUT2D eigenvalue weighted by atomic mass is 10.1. The standard InChI is InChI=1S/C22H27N3O7S/c1-5-18(24(33(4,29)30)19-13-17(25(27)28)8-6-14(19)2)22(26)23-15(3)16-7-9-20-21(12-16)32-11-10-31-20/h6-9,12-13,15,18H,5,10-11H2,1-4H3,(H,23,26). The molecule has 33 heavy (non-hydrogen) atoms. The van der Waals surface area contributed by atoms with Crippen LogP contribution in [0.2, 0.25) is 0 Å². The van der Waals surface area contributed by atoms with Crippen molar-refractivity contribution in [3.8, 4) is 11.5 Å². The topological polar surface area (TPSA) is 128 Å². The number of benzene rings is 2. The maximum atomic E-state index is 13.2. The average molecular weight is 478 g/mol. The molecule has 3 rings (SSSR count). The van der Waals surface area contributed by atoms with Gasteiger partial charge in [0.25, 0.3) is 5.69 Å². The molecule has 10 nitrogen and oxygen atoms in total. The Morgan fingerprint density at radius 3 is 2.45 bits per heavy atom. The van der Waals surface area contributed by atoms with Gasteiger partial charge < -0.3 is 14.8 Å². The number of amides is 1. The van der Waals surface area contributed by atoms with Crippen LogP contribution in [0.1, 0.15) is 37.4 Å². The summed E-state index contributed by atoms with van der Waals surface area (Å²) < 4.78 is 37.5. The predicted octanol–water partition coefficient (Wildman–Crippen LogP) is 3.10. The fraction of sp³-hybridized carbons (Fsp3) is 0.409. The van der Waals surface area contributed by atoms with Crippen LogP contribution in [0.5, 0.6) is 11.5 Å². The first-order valence-corrected chi connectivity index (χ1v) is 12.3. The molecule has 1 N–H and O–H groups in total. The zero-order chi connectivity index (χ0) is 24.3. The van der Waals surface area contributed by atoms with Gasteiger partial charge in [-0.05, 0) is 43.5 Å². The number of carbonyl (C=O) groups is 1. The highest BCUT2D eigenvalue weighted by Crippen LogP contribution is 2.33. The van der Waals surface area contributed by atoms with Crippen molar-refractivity contribution in [2.45, 2.75) is 39.3 Å². The van der Waals surface area contributed by atoms with Gasteiger partial charge in [-0.2, -0.15) is 0 Å². The van der Waals surface area contributed by atoms with E-state index in [9.17, 15) is 23.3 Å². The molecule has 2 unspecified atom stereocenters. The Hall–Kier alpha value is -3.34. The normalized spacial score (nSPS) is 14.8. The Morgan fingerprint density at radius 2 is 1.85 bits per heavy atom. The first-order valence-electron chi connectivity index (χ1n) is 10.5. The molecular weight excluding hydrogens is 450 g/mol. The van der Waals surface area contributed by atoms with Gasteiger partial charge in [0.05, 0.1) is 22.9 Å². The molecule has 1 amide bonds. The molecule has 0 saturated carbocycles. The van der Waals surface area contributed by atoms with Crippen LogP contribution in [0.4, 0.5) is 11.4 Å². The van der Waals surface area contributed by atoms with Gasteiger partial charge in [-0.1, -0.05) is 19.1 Å². The van der Waals surface area contributed by atoms with Gasteiger partial charge >= 0.3 is 0 Å². The highest BCUT2D eigenvalue weighted by Gasteiger charge is 2.34. The van der Waals surface area contributed by atoms with Gasteiger partial charge in [0.1, 0.15) is 19.3 Å². The second-order valence-corrected chi connectivity index (χ2v) is 9.70. The monoisotopic (exact) mass is 477 g/mol. The van der Waals surface area contributed by atoms with Crippen molar-refractivity contribution >= 4 is 27.3 Å². The SMILES string of the molecule is CCC(C(=O)NC(C)c1ccc2c(c1)OCCO2)N(c1cc([N+](=O)[O-])ccc1C)S(C)(=O)=O. The molecule has 1 heterocycles. The minimum absolute atomic E-state index is 0.0979. The molecule has 178 valence electrons. The fourth-order valence-corrected chi connectivity index (χ4v) is 4.97. The zero-order valence-corrected chi connectivity index (χ0v) is 19.7. The summed E-state index contributed by atoms with van der Waals surface area (Å²) in [6, 6.07) is 7.74. The number of anilines is 1. The minimum atomic E-state index is -3.94. The summed E-state index contributed by atoms with van der Waals surface area (Å²) in [6.07, 6.45) is 1.14. The quantitative estimate of drug-likeness (QED) is 0.457. The Bertz CT molecular complexity index is 1170. The van der Waals surface area contributed by atoms with E-state index >= 15 is 0 Å². The summed E-state index contributed by atoms with van der Waals surface area (Å²) in [5.41, 5.74) is 1.10. The lowest BCUT2D eigenvalue weighted by Crippen LogP contribution is -2.50. The molecule has 0 aromatic heterocycles. The van der Waals surface area contributed by atoms with Crippen molar-refractivity contribution in [1.82, 2.24) is 5.32 Å². The lowest BCUT2D eigenvalue weighted by Gasteiger charge is -2.32. The van der Waals surface area contributed by atoms with Crippen LogP contribution in [0, 0.1) is 17.0 Å². The Kier molecular flexibility index (Phi) is 7.11. The van der Waals surface area contributed by atoms with E-state index in [0.717, 1.165) is 16.1 Å².